The number of nitrogens with zero attached hydrogens (tertiary/aromatic N) is 3. The number of aromatic nitrogens is 2. The van der Waals surface area contributed by atoms with Crippen LogP contribution in [0.15, 0.2) is 48.8 Å². The van der Waals surface area contributed by atoms with E-state index in [4.69, 9.17) is 4.74 Å². The number of sulfonamides is 1. The average Bonchev–Trinajstić information content (AvgIpc) is 2.75. The fourth-order valence-corrected chi connectivity index (χ4v) is 4.59. The monoisotopic (exact) mass is 438 g/mol. The van der Waals surface area contributed by atoms with E-state index in [1.807, 2.05) is 38.1 Å². The van der Waals surface area contributed by atoms with E-state index >= 15 is 0 Å². The molecule has 0 fully saturated rings. The quantitative estimate of drug-likeness (QED) is 0.628. The van der Waals surface area contributed by atoms with Gasteiger partial charge in [-0.2, -0.15) is 4.31 Å². The van der Waals surface area contributed by atoms with Crippen LogP contribution < -0.4 is 10.1 Å². The number of ether oxygens (including phenoxy) is 1. The molecule has 4 rings (SSSR count). The third-order valence-electron chi connectivity index (χ3n) is 5.41. The minimum atomic E-state index is -3.20. The van der Waals surface area contributed by atoms with Crippen LogP contribution in [-0.2, 0) is 23.0 Å². The molecule has 0 unspecified atom stereocenters. The van der Waals surface area contributed by atoms with Gasteiger partial charge in [0.1, 0.15) is 0 Å². The Hall–Kier alpha value is -2.97. The van der Waals surface area contributed by atoms with Crippen LogP contribution in [0.25, 0.3) is 11.3 Å². The molecule has 0 saturated heterocycles. The van der Waals surface area contributed by atoms with Crippen molar-refractivity contribution in [2.45, 2.75) is 26.8 Å². The molecular formula is C23H26N4O3S. The smallest absolute Gasteiger partial charge is 0.232 e. The largest absolute Gasteiger partial charge is 0.477 e. The number of hydrogen-bond acceptors (Lipinski definition) is 6. The summed E-state index contributed by atoms with van der Waals surface area (Å²) in [5.41, 5.74) is 7.00. The molecule has 7 nitrogen and oxygen atoms in total. The first-order chi connectivity index (χ1) is 14.8. The number of nitrogens with one attached hydrogen (secondary N) is 1. The molecule has 0 saturated carbocycles. The van der Waals surface area contributed by atoms with E-state index in [2.05, 4.69) is 27.4 Å². The van der Waals surface area contributed by atoms with Crippen molar-refractivity contribution in [1.82, 2.24) is 14.3 Å². The maximum absolute atomic E-state index is 11.9. The summed E-state index contributed by atoms with van der Waals surface area (Å²) in [6, 6.07) is 12.1. The summed E-state index contributed by atoms with van der Waals surface area (Å²) in [6.45, 7) is 5.41. The zero-order valence-corrected chi connectivity index (χ0v) is 18.7. The van der Waals surface area contributed by atoms with Crippen molar-refractivity contribution < 1.29 is 13.2 Å². The summed E-state index contributed by atoms with van der Waals surface area (Å²) < 4.78 is 30.8. The second-order valence-electron chi connectivity index (χ2n) is 7.62. The van der Waals surface area contributed by atoms with Crippen molar-refractivity contribution in [2.75, 3.05) is 24.7 Å². The topological polar surface area (TPSA) is 84.4 Å². The van der Waals surface area contributed by atoms with E-state index in [0.717, 1.165) is 39.3 Å². The highest BCUT2D eigenvalue weighted by molar-refractivity contribution is 7.88. The maximum Gasteiger partial charge on any atom is 0.232 e. The molecule has 8 heteroatoms. The van der Waals surface area contributed by atoms with Crippen LogP contribution in [-0.4, -0.2) is 42.1 Å². The van der Waals surface area contributed by atoms with Gasteiger partial charge in [-0.1, -0.05) is 18.2 Å². The van der Waals surface area contributed by atoms with Crippen LogP contribution in [0.2, 0.25) is 0 Å². The van der Waals surface area contributed by atoms with E-state index in [0.29, 0.717) is 32.0 Å². The van der Waals surface area contributed by atoms with Crippen LogP contribution in [0.5, 0.6) is 5.88 Å². The first-order valence-electron chi connectivity index (χ1n) is 10.2. The average molecular weight is 439 g/mol. The number of aryl methyl sites for hydroxylation is 1. The first kappa shape index (κ1) is 21.3. The number of fused-ring (bicyclic) bond motifs is 1. The minimum Gasteiger partial charge on any atom is -0.477 e. The summed E-state index contributed by atoms with van der Waals surface area (Å²) in [5.74, 6) is 0.511. The standard InChI is InChI=1S/C23H26N4O3S/c1-4-30-23-14-24-22(13-25-23)20-12-18(9-8-16(20)2)26-21-7-5-6-17-15-27(31(3,28)29)11-10-19(17)21/h5-9,12-14,26H,4,10-11,15H2,1-3H3. The molecule has 1 aliphatic heterocycles. The molecule has 3 aromatic rings. The van der Waals surface area contributed by atoms with Gasteiger partial charge in [0.05, 0.1) is 31.0 Å². The predicted octanol–water partition coefficient (Wildman–Crippen LogP) is 3.91. The fraction of sp³-hybridized carbons (Fsp3) is 0.304. The minimum absolute atomic E-state index is 0.407. The third-order valence-corrected chi connectivity index (χ3v) is 6.66. The van der Waals surface area contributed by atoms with E-state index in [9.17, 15) is 8.42 Å². The molecule has 0 atom stereocenters. The van der Waals surface area contributed by atoms with Crippen LogP contribution in [0, 0.1) is 6.92 Å². The van der Waals surface area contributed by atoms with Gasteiger partial charge in [-0.15, -0.1) is 0 Å². The molecule has 2 aromatic carbocycles. The highest BCUT2D eigenvalue weighted by Gasteiger charge is 2.24. The zero-order chi connectivity index (χ0) is 22.0. The van der Waals surface area contributed by atoms with Gasteiger partial charge in [-0.25, -0.2) is 18.4 Å². The molecule has 1 aromatic heterocycles. The lowest BCUT2D eigenvalue weighted by molar-refractivity contribution is 0.325. The Morgan fingerprint density at radius 3 is 2.71 bits per heavy atom. The van der Waals surface area contributed by atoms with Crippen LogP contribution in [0.1, 0.15) is 23.6 Å². The van der Waals surface area contributed by atoms with Crippen LogP contribution in [0.4, 0.5) is 11.4 Å². The van der Waals surface area contributed by atoms with Gasteiger partial charge in [-0.05, 0) is 55.2 Å². The number of anilines is 2. The van der Waals surface area contributed by atoms with Crippen molar-refractivity contribution in [3.63, 3.8) is 0 Å². The Kier molecular flexibility index (Phi) is 5.93. The number of benzene rings is 2. The van der Waals surface area contributed by atoms with Crippen molar-refractivity contribution >= 4 is 21.4 Å². The molecular weight excluding hydrogens is 412 g/mol. The van der Waals surface area contributed by atoms with Crippen molar-refractivity contribution in [3.8, 4) is 17.1 Å². The fourth-order valence-electron chi connectivity index (χ4n) is 3.79. The Balaban J connectivity index is 1.61. The second kappa shape index (κ2) is 8.64. The van der Waals surface area contributed by atoms with Crippen molar-refractivity contribution in [3.05, 3.63) is 65.5 Å². The normalized spacial score (nSPS) is 14.2. The SMILES string of the molecule is CCOc1cnc(-c2cc(Nc3cccc4c3CCN(S(C)(=O)=O)C4)ccc2C)cn1. The molecule has 1 N–H and O–H groups in total. The molecule has 0 radical (unpaired) electrons. The second-order valence-corrected chi connectivity index (χ2v) is 9.60. The lowest BCUT2D eigenvalue weighted by atomic mass is 9.98. The van der Waals surface area contributed by atoms with E-state index in [-0.39, 0.29) is 0 Å². The van der Waals surface area contributed by atoms with Gasteiger partial charge >= 0.3 is 0 Å². The number of rotatable bonds is 6. The summed E-state index contributed by atoms with van der Waals surface area (Å²) in [6.07, 6.45) is 5.30. The van der Waals surface area contributed by atoms with Gasteiger partial charge in [0.25, 0.3) is 0 Å². The molecule has 0 spiro atoms. The molecule has 31 heavy (non-hydrogen) atoms. The van der Waals surface area contributed by atoms with E-state index in [1.165, 1.54) is 10.6 Å². The summed E-state index contributed by atoms with van der Waals surface area (Å²) in [7, 11) is -3.20. The van der Waals surface area contributed by atoms with Gasteiger partial charge in [0.15, 0.2) is 0 Å². The molecule has 162 valence electrons. The van der Waals surface area contributed by atoms with E-state index in [1.54, 1.807) is 12.4 Å². The van der Waals surface area contributed by atoms with Gasteiger partial charge in [0.2, 0.25) is 15.9 Å². The van der Waals surface area contributed by atoms with Crippen molar-refractivity contribution in [2.24, 2.45) is 0 Å². The molecule has 0 amide bonds. The lowest BCUT2D eigenvalue weighted by Gasteiger charge is -2.28. The molecule has 1 aliphatic rings. The first-order valence-corrected chi connectivity index (χ1v) is 12.1. The molecule has 2 heterocycles. The Labute approximate surface area is 183 Å². The van der Waals surface area contributed by atoms with Crippen molar-refractivity contribution in [1.29, 1.82) is 0 Å². The van der Waals surface area contributed by atoms with E-state index < -0.39 is 10.0 Å². The predicted molar refractivity (Wildman–Crippen MR) is 122 cm³/mol. The molecule has 0 aliphatic carbocycles. The van der Waals surface area contributed by atoms with Crippen LogP contribution in [0.3, 0.4) is 0 Å². The maximum atomic E-state index is 11.9. The Morgan fingerprint density at radius 2 is 2.00 bits per heavy atom. The highest BCUT2D eigenvalue weighted by atomic mass is 32.2. The van der Waals surface area contributed by atoms with Gasteiger partial charge in [-0.3, -0.25) is 0 Å². The van der Waals surface area contributed by atoms with Crippen LogP contribution >= 0.6 is 0 Å². The third kappa shape index (κ3) is 4.70. The number of hydrogen-bond donors (Lipinski definition) is 1. The Morgan fingerprint density at radius 1 is 1.16 bits per heavy atom. The molecule has 0 bridgehead atoms. The van der Waals surface area contributed by atoms with Gasteiger partial charge < -0.3 is 10.1 Å². The zero-order valence-electron chi connectivity index (χ0n) is 17.9. The Bertz CT molecular complexity index is 1190. The van der Waals surface area contributed by atoms with Gasteiger partial charge in [0, 0.05) is 30.0 Å². The lowest BCUT2D eigenvalue weighted by Crippen LogP contribution is -2.35. The highest BCUT2D eigenvalue weighted by Crippen LogP contribution is 2.31. The summed E-state index contributed by atoms with van der Waals surface area (Å²) in [4.78, 5) is 8.83. The summed E-state index contributed by atoms with van der Waals surface area (Å²) >= 11 is 0. The summed E-state index contributed by atoms with van der Waals surface area (Å²) in [5, 5.41) is 3.51.